The van der Waals surface area contributed by atoms with Gasteiger partial charge in [0.05, 0.1) is 0 Å². The van der Waals surface area contributed by atoms with Gasteiger partial charge >= 0.3 is 0 Å². The number of nitrogens with two attached hydrogens (primary N) is 1. The summed E-state index contributed by atoms with van der Waals surface area (Å²) < 4.78 is 0. The fourth-order valence-electron chi connectivity index (χ4n) is 0.620. The molecule has 3 heteroatoms. The van der Waals surface area contributed by atoms with Gasteiger partial charge in [0.15, 0.2) is 0 Å². The first-order valence-electron chi connectivity index (χ1n) is 3.61. The van der Waals surface area contributed by atoms with E-state index in [1.807, 2.05) is 6.92 Å². The van der Waals surface area contributed by atoms with Crippen molar-refractivity contribution in [3.63, 3.8) is 0 Å². The van der Waals surface area contributed by atoms with Gasteiger partial charge in [0.25, 0.3) is 0 Å². The number of carbonyl (C=O) groups excluding carboxylic acids is 1. The highest BCUT2D eigenvalue weighted by Crippen LogP contribution is 2.01. The molecule has 0 aliphatic heterocycles. The SMILES string of the molecule is CNC(=O)CCC(C)CN. The van der Waals surface area contributed by atoms with E-state index in [1.165, 1.54) is 0 Å². The first kappa shape index (κ1) is 9.43. The molecule has 0 aromatic heterocycles. The average Bonchev–Trinajstić information content (AvgIpc) is 1.99. The van der Waals surface area contributed by atoms with Crippen LogP contribution in [-0.4, -0.2) is 19.5 Å². The third kappa shape index (κ3) is 4.32. The molecule has 0 saturated heterocycles. The lowest BCUT2D eigenvalue weighted by Gasteiger charge is -2.05. The van der Waals surface area contributed by atoms with Crippen molar-refractivity contribution in [3.05, 3.63) is 0 Å². The van der Waals surface area contributed by atoms with Gasteiger partial charge in [-0.1, -0.05) is 6.92 Å². The monoisotopic (exact) mass is 144 g/mol. The Morgan fingerprint density at radius 3 is 2.70 bits per heavy atom. The normalized spacial score (nSPS) is 12.7. The molecular formula is C7H16N2O. The Balaban J connectivity index is 3.26. The van der Waals surface area contributed by atoms with Crippen LogP contribution >= 0.6 is 0 Å². The molecular weight excluding hydrogens is 128 g/mol. The molecule has 0 radical (unpaired) electrons. The molecule has 3 N–H and O–H groups in total. The van der Waals surface area contributed by atoms with Crippen LogP contribution in [-0.2, 0) is 4.79 Å². The zero-order chi connectivity index (χ0) is 7.98. The molecule has 0 aliphatic carbocycles. The van der Waals surface area contributed by atoms with E-state index < -0.39 is 0 Å². The van der Waals surface area contributed by atoms with Crippen LogP contribution in [0.15, 0.2) is 0 Å². The Morgan fingerprint density at radius 1 is 1.70 bits per heavy atom. The van der Waals surface area contributed by atoms with Crippen LogP contribution in [0.1, 0.15) is 19.8 Å². The zero-order valence-corrected chi connectivity index (χ0v) is 6.68. The van der Waals surface area contributed by atoms with Gasteiger partial charge in [0.1, 0.15) is 0 Å². The second kappa shape index (κ2) is 5.23. The topological polar surface area (TPSA) is 55.1 Å². The second-order valence-corrected chi connectivity index (χ2v) is 2.55. The summed E-state index contributed by atoms with van der Waals surface area (Å²) in [6.07, 6.45) is 1.48. The first-order chi connectivity index (χ1) is 4.70. The number of carbonyl (C=O) groups is 1. The third-order valence-corrected chi connectivity index (χ3v) is 1.55. The van der Waals surface area contributed by atoms with Gasteiger partial charge in [-0.05, 0) is 18.9 Å². The number of amides is 1. The first-order valence-corrected chi connectivity index (χ1v) is 3.61. The van der Waals surface area contributed by atoms with E-state index in [0.717, 1.165) is 6.42 Å². The molecule has 0 saturated carbocycles. The van der Waals surface area contributed by atoms with Crippen molar-refractivity contribution in [2.75, 3.05) is 13.6 Å². The molecule has 0 spiro atoms. The maximum atomic E-state index is 10.7. The number of hydrogen-bond donors (Lipinski definition) is 2. The molecule has 1 amide bonds. The maximum absolute atomic E-state index is 10.7. The molecule has 1 atom stereocenters. The minimum Gasteiger partial charge on any atom is -0.359 e. The largest absolute Gasteiger partial charge is 0.359 e. The van der Waals surface area contributed by atoms with Crippen LogP contribution in [0.5, 0.6) is 0 Å². The smallest absolute Gasteiger partial charge is 0.219 e. The van der Waals surface area contributed by atoms with Crippen molar-refractivity contribution in [2.45, 2.75) is 19.8 Å². The van der Waals surface area contributed by atoms with Gasteiger partial charge in [0.2, 0.25) is 5.91 Å². The van der Waals surface area contributed by atoms with Crippen molar-refractivity contribution >= 4 is 5.91 Å². The summed E-state index contributed by atoms with van der Waals surface area (Å²) in [5.74, 6) is 0.553. The van der Waals surface area contributed by atoms with E-state index in [-0.39, 0.29) is 5.91 Å². The summed E-state index contributed by atoms with van der Waals surface area (Å²) >= 11 is 0. The molecule has 1 unspecified atom stereocenters. The van der Waals surface area contributed by atoms with Crippen molar-refractivity contribution in [1.82, 2.24) is 5.32 Å². The summed E-state index contributed by atoms with van der Waals surface area (Å²) in [5.41, 5.74) is 5.37. The third-order valence-electron chi connectivity index (χ3n) is 1.55. The average molecular weight is 144 g/mol. The van der Waals surface area contributed by atoms with Crippen LogP contribution in [0, 0.1) is 5.92 Å². The van der Waals surface area contributed by atoms with Gasteiger partial charge in [0, 0.05) is 13.5 Å². The highest BCUT2D eigenvalue weighted by atomic mass is 16.1. The lowest BCUT2D eigenvalue weighted by Crippen LogP contribution is -2.20. The number of nitrogens with one attached hydrogen (secondary N) is 1. The molecule has 0 fully saturated rings. The quantitative estimate of drug-likeness (QED) is 0.588. The molecule has 3 nitrogen and oxygen atoms in total. The van der Waals surface area contributed by atoms with Crippen LogP contribution in [0.2, 0.25) is 0 Å². The van der Waals surface area contributed by atoms with Crippen molar-refractivity contribution in [1.29, 1.82) is 0 Å². The Hall–Kier alpha value is -0.570. The fraction of sp³-hybridized carbons (Fsp3) is 0.857. The number of hydrogen-bond acceptors (Lipinski definition) is 2. The lowest BCUT2D eigenvalue weighted by atomic mass is 10.1. The van der Waals surface area contributed by atoms with Crippen LogP contribution in [0.25, 0.3) is 0 Å². The van der Waals surface area contributed by atoms with Crippen LogP contribution in [0.3, 0.4) is 0 Å². The van der Waals surface area contributed by atoms with E-state index in [9.17, 15) is 4.79 Å². The van der Waals surface area contributed by atoms with Gasteiger partial charge in [-0.2, -0.15) is 0 Å². The van der Waals surface area contributed by atoms with E-state index >= 15 is 0 Å². The molecule has 0 bridgehead atoms. The molecule has 0 rings (SSSR count). The minimum atomic E-state index is 0.0975. The van der Waals surface area contributed by atoms with Crippen molar-refractivity contribution in [3.8, 4) is 0 Å². The molecule has 0 aliphatic rings. The molecule has 0 aromatic rings. The predicted molar refractivity (Wildman–Crippen MR) is 41.5 cm³/mol. The molecule has 60 valence electrons. The Bertz CT molecular complexity index is 104. The summed E-state index contributed by atoms with van der Waals surface area (Å²) in [5, 5.41) is 2.56. The second-order valence-electron chi connectivity index (χ2n) is 2.55. The van der Waals surface area contributed by atoms with Gasteiger partial charge in [-0.15, -0.1) is 0 Å². The van der Waals surface area contributed by atoms with E-state index in [4.69, 9.17) is 5.73 Å². The highest BCUT2D eigenvalue weighted by Gasteiger charge is 2.02. The van der Waals surface area contributed by atoms with E-state index in [2.05, 4.69) is 5.32 Å². The fourth-order valence-corrected chi connectivity index (χ4v) is 0.620. The minimum absolute atomic E-state index is 0.0975. The molecule has 10 heavy (non-hydrogen) atoms. The van der Waals surface area contributed by atoms with E-state index in [0.29, 0.717) is 18.9 Å². The summed E-state index contributed by atoms with van der Waals surface area (Å²) in [6.45, 7) is 2.71. The van der Waals surface area contributed by atoms with Gasteiger partial charge in [-0.3, -0.25) is 4.79 Å². The van der Waals surface area contributed by atoms with Crippen LogP contribution < -0.4 is 11.1 Å². The summed E-state index contributed by atoms with van der Waals surface area (Å²) in [6, 6.07) is 0. The standard InChI is InChI=1S/C7H16N2O/c1-6(5-8)3-4-7(10)9-2/h6H,3-5,8H2,1-2H3,(H,9,10). The molecule has 0 heterocycles. The van der Waals surface area contributed by atoms with Gasteiger partial charge in [-0.25, -0.2) is 0 Å². The Labute approximate surface area is 62.0 Å². The zero-order valence-electron chi connectivity index (χ0n) is 6.68. The van der Waals surface area contributed by atoms with Gasteiger partial charge < -0.3 is 11.1 Å². The Morgan fingerprint density at radius 2 is 2.30 bits per heavy atom. The van der Waals surface area contributed by atoms with E-state index in [1.54, 1.807) is 7.05 Å². The van der Waals surface area contributed by atoms with Crippen molar-refractivity contribution < 1.29 is 4.79 Å². The summed E-state index contributed by atoms with van der Waals surface area (Å²) in [7, 11) is 1.65. The molecule has 0 aromatic carbocycles. The Kier molecular flexibility index (Phi) is 4.94. The lowest BCUT2D eigenvalue weighted by molar-refractivity contribution is -0.120. The van der Waals surface area contributed by atoms with Crippen molar-refractivity contribution in [2.24, 2.45) is 11.7 Å². The number of rotatable bonds is 4. The predicted octanol–water partition coefficient (Wildman–Crippen LogP) is 0.107. The van der Waals surface area contributed by atoms with Crippen LogP contribution in [0.4, 0.5) is 0 Å². The maximum Gasteiger partial charge on any atom is 0.219 e. The summed E-state index contributed by atoms with van der Waals surface area (Å²) in [4.78, 5) is 10.7. The highest BCUT2D eigenvalue weighted by molar-refractivity contribution is 5.75.